The molecule has 0 bridgehead atoms. The molecular formula is C13H17ClN2O2. The number of nitrogens with two attached hydrogens (primary N) is 1. The van der Waals surface area contributed by atoms with Crippen molar-refractivity contribution < 1.29 is 9.53 Å². The lowest BCUT2D eigenvalue weighted by Gasteiger charge is -2.14. The van der Waals surface area contributed by atoms with Crippen LogP contribution in [-0.2, 0) is 4.79 Å². The molecule has 1 atom stereocenters. The van der Waals surface area contributed by atoms with Crippen LogP contribution in [0.25, 0.3) is 0 Å². The highest BCUT2D eigenvalue weighted by Crippen LogP contribution is 2.27. The molecule has 0 saturated heterocycles. The first-order chi connectivity index (χ1) is 8.54. The first-order valence-corrected chi connectivity index (χ1v) is 5.97. The summed E-state index contributed by atoms with van der Waals surface area (Å²) in [5.41, 5.74) is 6.59. The van der Waals surface area contributed by atoms with Gasteiger partial charge in [-0.3, -0.25) is 4.79 Å². The van der Waals surface area contributed by atoms with Crippen molar-refractivity contribution in [3.05, 3.63) is 41.4 Å². The maximum atomic E-state index is 11.4. The second-order valence-corrected chi connectivity index (χ2v) is 4.29. The van der Waals surface area contributed by atoms with Gasteiger partial charge in [-0.1, -0.05) is 17.7 Å². The third-order valence-corrected chi connectivity index (χ3v) is 2.50. The van der Waals surface area contributed by atoms with Gasteiger partial charge in [-0.25, -0.2) is 0 Å². The van der Waals surface area contributed by atoms with E-state index in [1.54, 1.807) is 24.3 Å². The zero-order valence-electron chi connectivity index (χ0n) is 10.3. The average molecular weight is 269 g/mol. The van der Waals surface area contributed by atoms with Crippen molar-refractivity contribution in [2.45, 2.75) is 13.0 Å². The molecule has 0 saturated carbocycles. The number of halogens is 1. The summed E-state index contributed by atoms with van der Waals surface area (Å²) in [6.45, 7) is 5.70. The summed E-state index contributed by atoms with van der Waals surface area (Å²) < 4.78 is 5.43. The molecule has 3 N–H and O–H groups in total. The fourth-order valence-corrected chi connectivity index (χ4v) is 1.57. The van der Waals surface area contributed by atoms with Gasteiger partial charge in [0.2, 0.25) is 0 Å². The lowest BCUT2D eigenvalue weighted by Crippen LogP contribution is -2.29. The molecule has 1 amide bonds. The normalized spacial score (nSPS) is 11.7. The predicted molar refractivity (Wildman–Crippen MR) is 72.8 cm³/mol. The van der Waals surface area contributed by atoms with Gasteiger partial charge in [-0.15, -0.1) is 6.58 Å². The van der Waals surface area contributed by atoms with Crippen LogP contribution in [0, 0.1) is 0 Å². The Kier molecular flexibility index (Phi) is 5.68. The lowest BCUT2D eigenvalue weighted by molar-refractivity contribution is -0.122. The highest BCUT2D eigenvalue weighted by Gasteiger charge is 2.10. The Hall–Kier alpha value is -1.52. The first kappa shape index (κ1) is 14.5. The van der Waals surface area contributed by atoms with E-state index in [1.807, 2.05) is 6.92 Å². The van der Waals surface area contributed by atoms with E-state index < -0.39 is 0 Å². The van der Waals surface area contributed by atoms with E-state index >= 15 is 0 Å². The number of ether oxygens (including phenoxy) is 1. The highest BCUT2D eigenvalue weighted by atomic mass is 35.5. The summed E-state index contributed by atoms with van der Waals surface area (Å²) in [7, 11) is 0. The minimum absolute atomic E-state index is 0.0603. The lowest BCUT2D eigenvalue weighted by atomic mass is 10.1. The molecule has 1 aromatic rings. The van der Waals surface area contributed by atoms with Crippen LogP contribution in [0.1, 0.15) is 18.5 Å². The number of benzene rings is 1. The van der Waals surface area contributed by atoms with Gasteiger partial charge in [-0.05, 0) is 25.1 Å². The number of hydrogen-bond donors (Lipinski definition) is 2. The molecule has 0 spiro atoms. The Bertz CT molecular complexity index is 433. The molecule has 0 aliphatic rings. The van der Waals surface area contributed by atoms with E-state index in [0.717, 1.165) is 5.56 Å². The maximum absolute atomic E-state index is 11.4. The van der Waals surface area contributed by atoms with Gasteiger partial charge in [0, 0.05) is 23.2 Å². The fraction of sp³-hybridized carbons (Fsp3) is 0.308. The second-order valence-electron chi connectivity index (χ2n) is 3.85. The molecule has 98 valence electrons. The Labute approximate surface area is 112 Å². The Morgan fingerprint density at radius 2 is 2.39 bits per heavy atom. The first-order valence-electron chi connectivity index (χ1n) is 5.60. The minimum atomic E-state index is -0.213. The molecule has 0 aromatic heterocycles. The average Bonchev–Trinajstić information content (AvgIpc) is 2.34. The third-order valence-electron chi connectivity index (χ3n) is 2.26. The van der Waals surface area contributed by atoms with Gasteiger partial charge >= 0.3 is 0 Å². The van der Waals surface area contributed by atoms with E-state index in [1.165, 1.54) is 0 Å². The van der Waals surface area contributed by atoms with Crippen molar-refractivity contribution in [2.75, 3.05) is 13.2 Å². The predicted octanol–water partition coefficient (Wildman–Crippen LogP) is 2.04. The van der Waals surface area contributed by atoms with Crippen molar-refractivity contribution in [1.29, 1.82) is 0 Å². The van der Waals surface area contributed by atoms with Crippen LogP contribution in [0.3, 0.4) is 0 Å². The van der Waals surface area contributed by atoms with Crippen LogP contribution in [-0.4, -0.2) is 19.1 Å². The fourth-order valence-electron chi connectivity index (χ4n) is 1.39. The Balaban J connectivity index is 2.66. The smallest absolute Gasteiger partial charge is 0.258 e. The monoisotopic (exact) mass is 268 g/mol. The summed E-state index contributed by atoms with van der Waals surface area (Å²) in [4.78, 5) is 11.4. The molecule has 0 unspecified atom stereocenters. The zero-order valence-corrected chi connectivity index (χ0v) is 11.0. The Morgan fingerprint density at radius 1 is 1.67 bits per heavy atom. The number of carbonyl (C=O) groups excluding carboxylic acids is 1. The molecule has 0 aliphatic heterocycles. The number of hydrogen-bond acceptors (Lipinski definition) is 3. The minimum Gasteiger partial charge on any atom is -0.483 e. The van der Waals surface area contributed by atoms with E-state index in [2.05, 4.69) is 11.9 Å². The van der Waals surface area contributed by atoms with E-state index in [9.17, 15) is 4.79 Å². The highest BCUT2D eigenvalue weighted by molar-refractivity contribution is 6.30. The van der Waals surface area contributed by atoms with Gasteiger partial charge in [0.05, 0.1) is 0 Å². The Morgan fingerprint density at radius 3 is 3.00 bits per heavy atom. The number of carbonyl (C=O) groups is 1. The number of nitrogens with one attached hydrogen (secondary N) is 1. The van der Waals surface area contributed by atoms with E-state index in [-0.39, 0.29) is 18.6 Å². The van der Waals surface area contributed by atoms with Crippen molar-refractivity contribution >= 4 is 17.5 Å². The second kappa shape index (κ2) is 7.03. The molecule has 0 fully saturated rings. The standard InChI is InChI=1S/C13H17ClN2O2/c1-3-6-16-13(17)8-18-12-5-4-10(14)7-11(12)9(2)15/h3-5,7,9H,1,6,8,15H2,2H3,(H,16,17)/t9-/m1/s1. The largest absolute Gasteiger partial charge is 0.483 e. The van der Waals surface area contributed by atoms with Gasteiger partial charge in [-0.2, -0.15) is 0 Å². The topological polar surface area (TPSA) is 64.3 Å². The van der Waals surface area contributed by atoms with E-state index in [4.69, 9.17) is 22.1 Å². The maximum Gasteiger partial charge on any atom is 0.258 e. The van der Waals surface area contributed by atoms with Crippen molar-refractivity contribution in [1.82, 2.24) is 5.32 Å². The van der Waals surface area contributed by atoms with Gasteiger partial charge in [0.15, 0.2) is 6.61 Å². The van der Waals surface area contributed by atoms with Crippen LogP contribution in [0.4, 0.5) is 0 Å². The van der Waals surface area contributed by atoms with Crippen LogP contribution >= 0.6 is 11.6 Å². The molecule has 1 rings (SSSR count). The molecule has 0 heterocycles. The summed E-state index contributed by atoms with van der Waals surface area (Å²) in [6, 6.07) is 4.94. The number of amides is 1. The van der Waals surface area contributed by atoms with Crippen LogP contribution in [0.15, 0.2) is 30.9 Å². The van der Waals surface area contributed by atoms with Gasteiger partial charge in [0.1, 0.15) is 5.75 Å². The van der Waals surface area contributed by atoms with Crippen molar-refractivity contribution in [3.63, 3.8) is 0 Å². The molecule has 18 heavy (non-hydrogen) atoms. The molecule has 0 radical (unpaired) electrons. The molecular weight excluding hydrogens is 252 g/mol. The zero-order chi connectivity index (χ0) is 13.5. The summed E-state index contributed by atoms with van der Waals surface area (Å²) in [6.07, 6.45) is 1.60. The summed E-state index contributed by atoms with van der Waals surface area (Å²) >= 11 is 5.89. The molecule has 5 heteroatoms. The summed E-state index contributed by atoms with van der Waals surface area (Å²) in [5, 5.41) is 3.21. The quantitative estimate of drug-likeness (QED) is 0.776. The van der Waals surface area contributed by atoms with Gasteiger partial charge in [0.25, 0.3) is 5.91 Å². The van der Waals surface area contributed by atoms with Crippen LogP contribution < -0.4 is 15.8 Å². The summed E-state index contributed by atoms with van der Waals surface area (Å²) in [5.74, 6) is 0.364. The third kappa shape index (κ3) is 4.39. The van der Waals surface area contributed by atoms with Crippen LogP contribution in [0.2, 0.25) is 5.02 Å². The van der Waals surface area contributed by atoms with Crippen LogP contribution in [0.5, 0.6) is 5.75 Å². The van der Waals surface area contributed by atoms with Crippen molar-refractivity contribution in [2.24, 2.45) is 5.73 Å². The molecule has 1 aromatic carbocycles. The molecule has 0 aliphatic carbocycles. The molecule has 4 nitrogen and oxygen atoms in total. The number of rotatable bonds is 6. The van der Waals surface area contributed by atoms with E-state index in [0.29, 0.717) is 17.3 Å². The van der Waals surface area contributed by atoms with Crippen molar-refractivity contribution in [3.8, 4) is 5.75 Å². The van der Waals surface area contributed by atoms with Gasteiger partial charge < -0.3 is 15.8 Å². The SMILES string of the molecule is C=CCNC(=O)COc1ccc(Cl)cc1[C@@H](C)N.